The predicted molar refractivity (Wildman–Crippen MR) is 115 cm³/mol. The Morgan fingerprint density at radius 1 is 1.22 bits per heavy atom. The molecule has 32 heavy (non-hydrogen) atoms. The molecule has 0 saturated heterocycles. The molecule has 0 radical (unpaired) electrons. The van der Waals surface area contributed by atoms with E-state index in [9.17, 15) is 9.59 Å². The summed E-state index contributed by atoms with van der Waals surface area (Å²) in [6, 6.07) is 7.44. The zero-order valence-corrected chi connectivity index (χ0v) is 17.0. The van der Waals surface area contributed by atoms with Gasteiger partial charge in [0, 0.05) is 17.7 Å². The molecule has 2 aliphatic rings. The molecule has 0 unspecified atom stereocenters. The lowest BCUT2D eigenvalue weighted by atomic mass is 9.70. The summed E-state index contributed by atoms with van der Waals surface area (Å²) in [5, 5.41) is 7.59. The highest BCUT2D eigenvalue weighted by Crippen LogP contribution is 2.53. The Morgan fingerprint density at radius 2 is 2.06 bits per heavy atom. The first kappa shape index (κ1) is 18.3. The lowest BCUT2D eigenvalue weighted by molar-refractivity contribution is -0.126. The first-order valence-electron chi connectivity index (χ1n) is 9.95. The van der Waals surface area contributed by atoms with E-state index in [-0.39, 0.29) is 24.8 Å². The molecular weight excluding hydrogens is 408 g/mol. The van der Waals surface area contributed by atoms with E-state index in [1.165, 1.54) is 17.3 Å². The van der Waals surface area contributed by atoms with Gasteiger partial charge in [-0.05, 0) is 18.6 Å². The summed E-state index contributed by atoms with van der Waals surface area (Å²) in [4.78, 5) is 44.1. The van der Waals surface area contributed by atoms with Gasteiger partial charge in [-0.3, -0.25) is 14.5 Å². The SMILES string of the molecule is C#CCN1C(=O)[C@@]2(CC(=O)Nc3c2c(C)nn3-c2ncnc3nc[nH]c23)c2ccccc21. The van der Waals surface area contributed by atoms with Crippen LogP contribution in [0.15, 0.2) is 36.9 Å². The van der Waals surface area contributed by atoms with Crippen LogP contribution in [-0.4, -0.2) is 48.1 Å². The predicted octanol–water partition coefficient (Wildman–Crippen LogP) is 1.46. The molecule has 6 rings (SSSR count). The Hall–Kier alpha value is -4.52. The summed E-state index contributed by atoms with van der Waals surface area (Å²) in [6.45, 7) is 1.93. The van der Waals surface area contributed by atoms with Crippen LogP contribution < -0.4 is 10.2 Å². The molecule has 1 spiro atoms. The van der Waals surface area contributed by atoms with E-state index in [0.717, 1.165) is 5.56 Å². The molecule has 2 amide bonds. The van der Waals surface area contributed by atoms with E-state index in [1.54, 1.807) is 4.90 Å². The highest BCUT2D eigenvalue weighted by Gasteiger charge is 2.57. The van der Waals surface area contributed by atoms with Crippen LogP contribution in [0.2, 0.25) is 0 Å². The highest BCUT2D eigenvalue weighted by atomic mass is 16.2. The number of terminal acetylenes is 1. The van der Waals surface area contributed by atoms with Crippen molar-refractivity contribution in [3.63, 3.8) is 0 Å². The fourth-order valence-electron chi connectivity index (χ4n) is 4.91. The minimum Gasteiger partial charge on any atom is -0.340 e. The molecule has 1 atom stereocenters. The van der Waals surface area contributed by atoms with E-state index in [1.807, 2.05) is 31.2 Å². The molecule has 5 heterocycles. The van der Waals surface area contributed by atoms with Crippen molar-refractivity contribution < 1.29 is 9.59 Å². The minimum absolute atomic E-state index is 0.0350. The number of H-pyrrole nitrogens is 1. The van der Waals surface area contributed by atoms with Crippen LogP contribution in [0, 0.1) is 19.3 Å². The minimum atomic E-state index is -1.21. The largest absolute Gasteiger partial charge is 0.340 e. The van der Waals surface area contributed by atoms with Crippen molar-refractivity contribution in [1.29, 1.82) is 0 Å². The number of imidazole rings is 1. The van der Waals surface area contributed by atoms with Crippen LogP contribution in [0.25, 0.3) is 17.0 Å². The molecule has 2 N–H and O–H groups in total. The van der Waals surface area contributed by atoms with Crippen molar-refractivity contribution in [2.45, 2.75) is 18.8 Å². The third-order valence-corrected chi connectivity index (χ3v) is 6.09. The number of aryl methyl sites for hydroxylation is 1. The normalized spacial score (nSPS) is 19.2. The summed E-state index contributed by atoms with van der Waals surface area (Å²) in [7, 11) is 0. The molecule has 0 saturated carbocycles. The Morgan fingerprint density at radius 3 is 2.91 bits per heavy atom. The smallest absolute Gasteiger partial charge is 0.243 e. The average molecular weight is 424 g/mol. The molecule has 0 bridgehead atoms. The van der Waals surface area contributed by atoms with Crippen molar-refractivity contribution >= 4 is 34.5 Å². The van der Waals surface area contributed by atoms with Crippen LogP contribution in [0.4, 0.5) is 11.5 Å². The van der Waals surface area contributed by atoms with Crippen molar-refractivity contribution in [1.82, 2.24) is 29.7 Å². The maximum absolute atomic E-state index is 13.9. The summed E-state index contributed by atoms with van der Waals surface area (Å²) >= 11 is 0. The summed E-state index contributed by atoms with van der Waals surface area (Å²) < 4.78 is 1.53. The van der Waals surface area contributed by atoms with Gasteiger partial charge in [-0.1, -0.05) is 24.1 Å². The number of anilines is 2. The van der Waals surface area contributed by atoms with Gasteiger partial charge in [0.1, 0.15) is 23.1 Å². The molecule has 4 aromatic rings. The molecule has 10 nitrogen and oxygen atoms in total. The third kappa shape index (κ3) is 2.14. The Labute approximate surface area is 181 Å². The number of carbonyl (C=O) groups is 2. The summed E-state index contributed by atoms with van der Waals surface area (Å²) in [5.74, 6) is 2.86. The number of aromatic nitrogens is 6. The number of fused-ring (bicyclic) bond motifs is 5. The van der Waals surface area contributed by atoms with Crippen LogP contribution in [-0.2, 0) is 15.0 Å². The molecule has 10 heteroatoms. The number of carbonyl (C=O) groups excluding carboxylic acids is 2. The van der Waals surface area contributed by atoms with E-state index in [4.69, 9.17) is 6.42 Å². The fraction of sp³-hybridized carbons (Fsp3) is 0.182. The monoisotopic (exact) mass is 424 g/mol. The second-order valence-corrected chi connectivity index (χ2v) is 7.76. The number of amides is 2. The molecule has 1 aromatic carbocycles. The number of hydrogen-bond acceptors (Lipinski definition) is 6. The van der Waals surface area contributed by atoms with Crippen LogP contribution in [0.1, 0.15) is 23.2 Å². The van der Waals surface area contributed by atoms with Crippen molar-refractivity contribution in [2.75, 3.05) is 16.8 Å². The standard InChI is InChI=1S/C22H16N8O2/c1-3-8-29-14-7-5-4-6-13(14)22(21(29)32)9-15(31)27-19-16(22)12(2)28-30(19)20-17-18(24-10-23-17)25-11-26-20/h1,4-7,10-11H,8-9H2,2H3,(H,27,31)(H,23,24,25,26)/t22-/m0/s1. The van der Waals surface area contributed by atoms with E-state index < -0.39 is 5.41 Å². The van der Waals surface area contributed by atoms with Gasteiger partial charge in [-0.25, -0.2) is 15.0 Å². The lowest BCUT2D eigenvalue weighted by Gasteiger charge is -2.33. The Kier molecular flexibility index (Phi) is 3.56. The van der Waals surface area contributed by atoms with Gasteiger partial charge in [0.05, 0.1) is 18.6 Å². The van der Waals surface area contributed by atoms with Gasteiger partial charge in [0.15, 0.2) is 11.5 Å². The highest BCUT2D eigenvalue weighted by molar-refractivity contribution is 6.16. The number of rotatable bonds is 2. The maximum Gasteiger partial charge on any atom is 0.243 e. The van der Waals surface area contributed by atoms with E-state index in [0.29, 0.717) is 39.7 Å². The van der Waals surface area contributed by atoms with Crippen molar-refractivity contribution in [3.8, 4) is 18.2 Å². The third-order valence-electron chi connectivity index (χ3n) is 6.09. The molecule has 156 valence electrons. The maximum atomic E-state index is 13.9. The van der Waals surface area contributed by atoms with Crippen LogP contribution in [0.5, 0.6) is 0 Å². The zero-order chi connectivity index (χ0) is 22.0. The number of para-hydroxylation sites is 1. The van der Waals surface area contributed by atoms with Gasteiger partial charge in [0.2, 0.25) is 11.8 Å². The van der Waals surface area contributed by atoms with Crippen molar-refractivity contribution in [3.05, 3.63) is 53.7 Å². The van der Waals surface area contributed by atoms with Gasteiger partial charge < -0.3 is 10.3 Å². The van der Waals surface area contributed by atoms with Crippen molar-refractivity contribution in [2.24, 2.45) is 0 Å². The number of hydrogen-bond donors (Lipinski definition) is 2. The van der Waals surface area contributed by atoms with Gasteiger partial charge in [-0.15, -0.1) is 6.42 Å². The second-order valence-electron chi connectivity index (χ2n) is 7.76. The van der Waals surface area contributed by atoms with E-state index in [2.05, 4.69) is 36.3 Å². The second kappa shape index (κ2) is 6.24. The quantitative estimate of drug-likeness (QED) is 0.470. The number of aromatic amines is 1. The van der Waals surface area contributed by atoms with Gasteiger partial charge >= 0.3 is 0 Å². The van der Waals surface area contributed by atoms with Gasteiger partial charge in [-0.2, -0.15) is 9.78 Å². The molecule has 3 aromatic heterocycles. The Balaban J connectivity index is 1.66. The van der Waals surface area contributed by atoms with Crippen LogP contribution in [0.3, 0.4) is 0 Å². The lowest BCUT2D eigenvalue weighted by Crippen LogP contribution is -2.47. The fourth-order valence-corrected chi connectivity index (χ4v) is 4.91. The molecular formula is C22H16N8O2. The topological polar surface area (TPSA) is 122 Å². The number of nitrogens with one attached hydrogen (secondary N) is 2. The first-order chi connectivity index (χ1) is 15.6. The number of nitrogens with zero attached hydrogens (tertiary/aromatic N) is 6. The molecule has 0 aliphatic carbocycles. The van der Waals surface area contributed by atoms with E-state index >= 15 is 0 Å². The van der Waals surface area contributed by atoms with Gasteiger partial charge in [0.25, 0.3) is 0 Å². The summed E-state index contributed by atoms with van der Waals surface area (Å²) in [5.41, 5.74) is 2.52. The first-order valence-corrected chi connectivity index (χ1v) is 9.95. The summed E-state index contributed by atoms with van der Waals surface area (Å²) in [6.07, 6.45) is 8.42. The molecule has 0 fully saturated rings. The van der Waals surface area contributed by atoms with Crippen LogP contribution >= 0.6 is 0 Å². The Bertz CT molecular complexity index is 1490. The zero-order valence-electron chi connectivity index (χ0n) is 17.0. The average Bonchev–Trinajstić information content (AvgIpc) is 3.46. The number of benzene rings is 1. The molecule has 2 aliphatic heterocycles.